The van der Waals surface area contributed by atoms with Crippen molar-refractivity contribution in [2.45, 2.75) is 0 Å². The van der Waals surface area contributed by atoms with Gasteiger partial charge in [-0.1, -0.05) is 170 Å². The Bertz CT molecular complexity index is 3520. The zero-order valence-electron chi connectivity index (χ0n) is 31.8. The van der Waals surface area contributed by atoms with E-state index in [4.69, 9.17) is 19.4 Å². The summed E-state index contributed by atoms with van der Waals surface area (Å²) in [5.41, 5.74) is 11.2. The Morgan fingerprint density at radius 1 is 0.322 bits per heavy atom. The first-order chi connectivity index (χ1) is 29.2. The molecule has 0 atom stereocenters. The van der Waals surface area contributed by atoms with Gasteiger partial charge in [-0.3, -0.25) is 0 Å². The predicted molar refractivity (Wildman–Crippen MR) is 244 cm³/mol. The molecular weight excluding hydrogens is 719 g/mol. The van der Waals surface area contributed by atoms with E-state index in [2.05, 4.69) is 152 Å². The largest absolute Gasteiger partial charge is 0.455 e. The lowest BCUT2D eigenvalue weighted by Gasteiger charge is -2.14. The zero-order chi connectivity index (χ0) is 38.9. The highest BCUT2D eigenvalue weighted by Crippen LogP contribution is 2.44. The van der Waals surface area contributed by atoms with Crippen LogP contribution in [0.15, 0.2) is 205 Å². The first-order valence-electron chi connectivity index (χ1n) is 19.9. The molecule has 0 aliphatic heterocycles. The third kappa shape index (κ3) is 5.42. The highest BCUT2D eigenvalue weighted by atomic mass is 16.3. The second kappa shape index (κ2) is 13.3. The number of hydrogen-bond acceptors (Lipinski definition) is 4. The lowest BCUT2D eigenvalue weighted by atomic mass is 9.91. The number of pyridine rings is 1. The Balaban J connectivity index is 1.09. The van der Waals surface area contributed by atoms with Crippen LogP contribution >= 0.6 is 0 Å². The number of aromatic nitrogens is 3. The average Bonchev–Trinajstić information content (AvgIpc) is 3.72. The molecule has 274 valence electrons. The van der Waals surface area contributed by atoms with Crippen molar-refractivity contribution < 1.29 is 4.42 Å². The van der Waals surface area contributed by atoms with Gasteiger partial charge in [-0.15, -0.1) is 0 Å². The highest BCUT2D eigenvalue weighted by Gasteiger charge is 2.21. The molecule has 0 N–H and O–H groups in total. The molecule has 0 unspecified atom stereocenters. The number of para-hydroxylation sites is 2. The van der Waals surface area contributed by atoms with Crippen LogP contribution in [0, 0.1) is 0 Å². The normalized spacial score (nSPS) is 11.7. The third-order valence-electron chi connectivity index (χ3n) is 11.7. The van der Waals surface area contributed by atoms with Crippen LogP contribution in [-0.4, -0.2) is 15.0 Å². The average molecular weight is 752 g/mol. The van der Waals surface area contributed by atoms with E-state index < -0.39 is 0 Å². The summed E-state index contributed by atoms with van der Waals surface area (Å²) in [5, 5.41) is 10.5. The van der Waals surface area contributed by atoms with Crippen molar-refractivity contribution >= 4 is 65.2 Å². The summed E-state index contributed by atoms with van der Waals surface area (Å²) in [6.45, 7) is 0. The molecule has 3 heterocycles. The second-order valence-corrected chi connectivity index (χ2v) is 15.1. The van der Waals surface area contributed by atoms with Crippen molar-refractivity contribution in [3.63, 3.8) is 0 Å². The Hall–Kier alpha value is -7.95. The number of hydrogen-bond donors (Lipinski definition) is 0. The molecule has 0 saturated heterocycles. The van der Waals surface area contributed by atoms with Crippen LogP contribution in [0.2, 0.25) is 0 Å². The molecule has 0 spiro atoms. The molecule has 12 rings (SSSR count). The highest BCUT2D eigenvalue weighted by molar-refractivity contribution is 6.26. The van der Waals surface area contributed by atoms with E-state index >= 15 is 0 Å². The minimum absolute atomic E-state index is 0.681. The Labute approximate surface area is 339 Å². The summed E-state index contributed by atoms with van der Waals surface area (Å²) in [4.78, 5) is 15.8. The number of nitrogens with zero attached hydrogens (tertiary/aromatic N) is 3. The van der Waals surface area contributed by atoms with Gasteiger partial charge in [-0.05, 0) is 68.2 Å². The second-order valence-electron chi connectivity index (χ2n) is 15.1. The number of benzene rings is 9. The molecule has 0 radical (unpaired) electrons. The fraction of sp³-hybridized carbons (Fsp3) is 0. The summed E-state index contributed by atoms with van der Waals surface area (Å²) >= 11 is 0. The molecule has 4 nitrogen and oxygen atoms in total. The van der Waals surface area contributed by atoms with Gasteiger partial charge >= 0.3 is 0 Å². The summed E-state index contributed by atoms with van der Waals surface area (Å²) < 4.78 is 6.78. The summed E-state index contributed by atoms with van der Waals surface area (Å²) in [6.07, 6.45) is 0. The Kier molecular flexibility index (Phi) is 7.50. The van der Waals surface area contributed by atoms with E-state index in [9.17, 15) is 0 Å². The van der Waals surface area contributed by atoms with Gasteiger partial charge in [0, 0.05) is 38.6 Å². The van der Waals surface area contributed by atoms with E-state index in [-0.39, 0.29) is 0 Å². The van der Waals surface area contributed by atoms with Crippen LogP contribution in [-0.2, 0) is 0 Å². The predicted octanol–water partition coefficient (Wildman–Crippen LogP) is 14.7. The van der Waals surface area contributed by atoms with Gasteiger partial charge in [0.15, 0.2) is 5.82 Å². The number of furan rings is 1. The fourth-order valence-corrected chi connectivity index (χ4v) is 8.90. The van der Waals surface area contributed by atoms with Crippen molar-refractivity contribution in [1.82, 2.24) is 15.0 Å². The molecule has 0 saturated carbocycles. The lowest BCUT2D eigenvalue weighted by Crippen LogP contribution is -1.96. The first kappa shape index (κ1) is 33.2. The van der Waals surface area contributed by atoms with E-state index in [1.807, 2.05) is 48.5 Å². The molecular formula is C55H33N3O. The molecule has 4 heteroatoms. The van der Waals surface area contributed by atoms with Crippen molar-refractivity contribution in [2.24, 2.45) is 0 Å². The molecule has 0 aliphatic rings. The van der Waals surface area contributed by atoms with Crippen molar-refractivity contribution in [1.29, 1.82) is 0 Å². The van der Waals surface area contributed by atoms with Gasteiger partial charge in [0.05, 0.1) is 28.0 Å². The smallest absolute Gasteiger partial charge is 0.160 e. The van der Waals surface area contributed by atoms with Gasteiger partial charge in [0.25, 0.3) is 0 Å². The molecule has 0 fully saturated rings. The summed E-state index contributed by atoms with van der Waals surface area (Å²) in [5.74, 6) is 0.681. The van der Waals surface area contributed by atoms with Crippen LogP contribution in [0.3, 0.4) is 0 Å². The van der Waals surface area contributed by atoms with Crippen LogP contribution in [0.5, 0.6) is 0 Å². The standard InChI is InChI=1S/C55H33N3O/c1-3-15-34(16-4-1)48-33-49(57-55(56-48)35-17-5-2-6-18-35)37-19-13-20-38(31-37)52-51-45-25-11-12-28-50(45)59-54(51)46-27-14-26-39(53(46)58-52)36-29-30-44-42-23-8-7-21-40(42)41-22-9-10-24-43(41)47(44)32-36/h1-33H. The van der Waals surface area contributed by atoms with Crippen LogP contribution in [0.4, 0.5) is 0 Å². The Morgan fingerprint density at radius 2 is 0.864 bits per heavy atom. The van der Waals surface area contributed by atoms with Crippen LogP contribution in [0.1, 0.15) is 0 Å². The van der Waals surface area contributed by atoms with Gasteiger partial charge in [0.2, 0.25) is 0 Å². The maximum Gasteiger partial charge on any atom is 0.160 e. The van der Waals surface area contributed by atoms with Gasteiger partial charge < -0.3 is 4.42 Å². The third-order valence-corrected chi connectivity index (χ3v) is 11.7. The number of rotatable bonds is 5. The molecule has 59 heavy (non-hydrogen) atoms. The van der Waals surface area contributed by atoms with Gasteiger partial charge in [-0.25, -0.2) is 15.0 Å². The summed E-state index contributed by atoms with van der Waals surface area (Å²) in [7, 11) is 0. The van der Waals surface area contributed by atoms with Crippen LogP contribution < -0.4 is 0 Å². The summed E-state index contributed by atoms with van der Waals surface area (Å²) in [6, 6.07) is 70.1. The zero-order valence-corrected chi connectivity index (χ0v) is 31.8. The molecule has 0 bridgehead atoms. The van der Waals surface area contributed by atoms with E-state index in [0.29, 0.717) is 5.82 Å². The first-order valence-corrected chi connectivity index (χ1v) is 19.9. The SMILES string of the molecule is c1ccc(-c2cc(-c3cccc(-c4nc5c(-c6ccc7c8ccccc8c8ccccc8c7c6)cccc5c5oc6ccccc6c45)c3)nc(-c3ccccc3)n2)cc1. The van der Waals surface area contributed by atoms with E-state index in [0.717, 1.165) is 83.3 Å². The van der Waals surface area contributed by atoms with Crippen LogP contribution in [0.25, 0.3) is 121 Å². The monoisotopic (exact) mass is 751 g/mol. The molecule has 9 aromatic carbocycles. The topological polar surface area (TPSA) is 51.8 Å². The minimum Gasteiger partial charge on any atom is -0.455 e. The van der Waals surface area contributed by atoms with Crippen molar-refractivity contribution in [3.8, 4) is 56.3 Å². The Morgan fingerprint density at radius 3 is 1.59 bits per heavy atom. The molecule has 12 aromatic rings. The maximum absolute atomic E-state index is 6.78. The maximum atomic E-state index is 6.78. The minimum atomic E-state index is 0.681. The van der Waals surface area contributed by atoms with Crippen molar-refractivity contribution in [3.05, 3.63) is 200 Å². The molecule has 3 aromatic heterocycles. The van der Waals surface area contributed by atoms with Gasteiger partial charge in [-0.2, -0.15) is 0 Å². The fourth-order valence-electron chi connectivity index (χ4n) is 8.90. The number of fused-ring (bicyclic) bond motifs is 11. The quantitative estimate of drug-likeness (QED) is 0.164. The van der Waals surface area contributed by atoms with E-state index in [1.165, 1.54) is 32.3 Å². The van der Waals surface area contributed by atoms with Crippen molar-refractivity contribution in [2.75, 3.05) is 0 Å². The molecule has 0 amide bonds. The lowest BCUT2D eigenvalue weighted by molar-refractivity contribution is 0.672. The van der Waals surface area contributed by atoms with E-state index in [1.54, 1.807) is 0 Å². The molecule has 0 aliphatic carbocycles. The van der Waals surface area contributed by atoms with Gasteiger partial charge in [0.1, 0.15) is 11.2 Å².